The van der Waals surface area contributed by atoms with Crippen LogP contribution in [-0.4, -0.2) is 148 Å². The van der Waals surface area contributed by atoms with Crippen LogP contribution in [0.3, 0.4) is 0 Å². The Morgan fingerprint density at radius 2 is 0.789 bits per heavy atom. The number of rotatable bonds is 29. The highest BCUT2D eigenvalue weighted by molar-refractivity contribution is 6.27. The highest BCUT2D eigenvalue weighted by atomic mass is 19.1. The Labute approximate surface area is 554 Å². The lowest BCUT2D eigenvalue weighted by Gasteiger charge is -2.27. The van der Waals surface area contributed by atoms with E-state index in [1.54, 1.807) is 36.4 Å². The molecule has 10 N–H and O–H groups in total. The molecule has 3 saturated heterocycles. The van der Waals surface area contributed by atoms with E-state index in [-0.39, 0.29) is 67.6 Å². The number of halogens is 1. The molecule has 9 rings (SSSR count). The fourth-order valence-corrected chi connectivity index (χ4v) is 11.8. The highest BCUT2D eigenvalue weighted by Gasteiger charge is 2.48. The molecule has 3 unspecified atom stereocenters. The van der Waals surface area contributed by atoms with Crippen LogP contribution in [0.5, 0.6) is 0 Å². The molecule has 3 atom stereocenters. The molecule has 6 aliphatic rings. The van der Waals surface area contributed by atoms with E-state index in [0.717, 1.165) is 105 Å². The largest absolute Gasteiger partial charge is 0.444 e. The van der Waals surface area contributed by atoms with Crippen molar-refractivity contribution in [3.8, 4) is 0 Å². The summed E-state index contributed by atoms with van der Waals surface area (Å²) in [5.41, 5.74) is 12.6. The van der Waals surface area contributed by atoms with Gasteiger partial charge in [0.25, 0.3) is 35.4 Å². The van der Waals surface area contributed by atoms with Crippen molar-refractivity contribution in [2.45, 2.75) is 212 Å². The number of carbonyl (C=O) groups excluding carboxylic acids is 13. The van der Waals surface area contributed by atoms with Crippen molar-refractivity contribution in [1.29, 1.82) is 0 Å². The fourth-order valence-electron chi connectivity index (χ4n) is 11.8. The zero-order valence-electron chi connectivity index (χ0n) is 55.2. The van der Waals surface area contributed by atoms with Crippen LogP contribution in [0.15, 0.2) is 54.6 Å². The number of carbonyl (C=O) groups is 13. The van der Waals surface area contributed by atoms with Crippen molar-refractivity contribution < 1.29 is 71.5 Å². The molecule has 6 aliphatic heterocycles. The number of imide groups is 6. The summed E-state index contributed by atoms with van der Waals surface area (Å²) in [6, 6.07) is 11.0. The van der Waals surface area contributed by atoms with E-state index in [4.69, 9.17) is 16.2 Å². The van der Waals surface area contributed by atoms with Gasteiger partial charge in [0.1, 0.15) is 29.5 Å². The summed E-state index contributed by atoms with van der Waals surface area (Å²) in [5.74, 6) is -7.35. The Kier molecular flexibility index (Phi) is 29.6. The van der Waals surface area contributed by atoms with Crippen molar-refractivity contribution in [2.24, 2.45) is 11.5 Å². The zero-order chi connectivity index (χ0) is 69.2. The summed E-state index contributed by atoms with van der Waals surface area (Å²) < 4.78 is 18.8. The van der Waals surface area contributed by atoms with Gasteiger partial charge in [-0.05, 0) is 122 Å². The molecule has 25 nitrogen and oxygen atoms in total. The lowest BCUT2D eigenvalue weighted by atomic mass is 10.0. The summed E-state index contributed by atoms with van der Waals surface area (Å²) in [6.45, 7) is 11.5. The number of alkyl carbamates (subject to hydrolysis) is 1. The van der Waals surface area contributed by atoms with E-state index in [0.29, 0.717) is 46.7 Å². The minimum Gasteiger partial charge on any atom is -0.444 e. The summed E-state index contributed by atoms with van der Waals surface area (Å²) in [7, 11) is 0. The van der Waals surface area contributed by atoms with Crippen LogP contribution in [-0.2, 0) is 33.5 Å². The molecule has 26 heteroatoms. The van der Waals surface area contributed by atoms with Crippen LogP contribution in [0.1, 0.15) is 250 Å². The summed E-state index contributed by atoms with van der Waals surface area (Å²) in [5, 5.41) is 15.8. The second-order valence-electron chi connectivity index (χ2n) is 25.2. The molecule has 6 heterocycles. The van der Waals surface area contributed by atoms with Gasteiger partial charge in [0.15, 0.2) is 0 Å². The molecule has 3 fully saturated rings. The number of nitrogens with one attached hydrogen (secondary N) is 6. The van der Waals surface area contributed by atoms with Gasteiger partial charge in [-0.2, -0.15) is 0 Å². The summed E-state index contributed by atoms with van der Waals surface area (Å²) >= 11 is 0. The molecule has 0 saturated carbocycles. The predicted molar refractivity (Wildman–Crippen MR) is 352 cm³/mol. The summed E-state index contributed by atoms with van der Waals surface area (Å²) in [6.07, 6.45) is 22.3. The topological polar surface area (TPSA) is 365 Å². The van der Waals surface area contributed by atoms with Gasteiger partial charge in [0.2, 0.25) is 35.4 Å². The van der Waals surface area contributed by atoms with Crippen molar-refractivity contribution in [3.63, 3.8) is 0 Å². The third-order valence-electron chi connectivity index (χ3n) is 16.7. The van der Waals surface area contributed by atoms with Gasteiger partial charge in [0.05, 0.1) is 33.4 Å². The molecule has 0 radical (unpaired) electrons. The van der Waals surface area contributed by atoms with E-state index in [9.17, 15) is 66.7 Å². The number of hydrogen-bond acceptors (Lipinski definition) is 18. The van der Waals surface area contributed by atoms with Crippen LogP contribution in [0.25, 0.3) is 0 Å². The second kappa shape index (κ2) is 37.3. The van der Waals surface area contributed by atoms with Gasteiger partial charge < -0.3 is 32.2 Å². The van der Waals surface area contributed by atoms with E-state index in [2.05, 4.69) is 38.8 Å². The molecular weight excluding hydrogens is 1230 g/mol. The van der Waals surface area contributed by atoms with Crippen LogP contribution < -0.4 is 43.4 Å². The van der Waals surface area contributed by atoms with Gasteiger partial charge in [0, 0.05) is 50.3 Å². The number of fused-ring (bicyclic) bond motifs is 3. The SMILES string of the molecule is CC(C)(C)OC(=O)NCCCCCCCCN.CCCCCCCCCNc1cccc2c1C(=O)N(C1CCC(=O)NC1=O)C2=O.NCCCCCCCCNc1cccc2c1C(=O)N(C1CCC(=O)NC1=O)C2=O.O=C1CCC(N2C(=O)c3cccc(F)c3C2=O)C(=O)N1. The van der Waals surface area contributed by atoms with Crippen molar-refractivity contribution >= 4 is 88.4 Å². The van der Waals surface area contributed by atoms with E-state index in [1.807, 2.05) is 20.8 Å². The fraction of sp³-hybridized carbons (Fsp3) is 0.551. The molecular formula is C69H94FN11O14. The average molecular weight is 1320 g/mol. The number of anilines is 2. The number of benzene rings is 3. The Balaban J connectivity index is 0.000000205. The number of hydrogen-bond donors (Lipinski definition) is 8. The molecule has 0 aliphatic carbocycles. The molecule has 0 aromatic heterocycles. The molecule has 3 aromatic rings. The maximum Gasteiger partial charge on any atom is 0.407 e. The van der Waals surface area contributed by atoms with Gasteiger partial charge in [-0.25, -0.2) is 9.18 Å². The van der Waals surface area contributed by atoms with Gasteiger partial charge in [-0.1, -0.05) is 115 Å². The molecule has 0 bridgehead atoms. The molecule has 0 spiro atoms. The smallest absolute Gasteiger partial charge is 0.407 e. The lowest BCUT2D eigenvalue weighted by Crippen LogP contribution is -2.54. The third-order valence-corrected chi connectivity index (χ3v) is 16.7. The normalized spacial score (nSPS) is 18.1. The van der Waals surface area contributed by atoms with E-state index >= 15 is 0 Å². The Bertz CT molecular complexity index is 3160. The third kappa shape index (κ3) is 21.1. The first kappa shape index (κ1) is 75.3. The Hall–Kier alpha value is -8.78. The second-order valence-corrected chi connectivity index (χ2v) is 25.2. The first-order valence-electron chi connectivity index (χ1n) is 33.6. The maximum absolute atomic E-state index is 13.7. The molecule has 13 amide bonds. The first-order valence-corrected chi connectivity index (χ1v) is 33.6. The number of amides is 13. The molecule has 95 heavy (non-hydrogen) atoms. The van der Waals surface area contributed by atoms with Gasteiger partial charge in [-0.15, -0.1) is 0 Å². The molecule has 516 valence electrons. The van der Waals surface area contributed by atoms with E-state index < -0.39 is 88.6 Å². The van der Waals surface area contributed by atoms with Crippen molar-refractivity contribution in [1.82, 2.24) is 36.0 Å². The minimum atomic E-state index is -1.07. The maximum atomic E-state index is 13.7. The van der Waals surface area contributed by atoms with Crippen LogP contribution in [0.4, 0.5) is 20.6 Å². The number of nitrogens with zero attached hydrogens (tertiary/aromatic N) is 3. The number of piperidine rings is 3. The minimum absolute atomic E-state index is 0.0340. The van der Waals surface area contributed by atoms with Crippen molar-refractivity contribution in [2.75, 3.05) is 43.4 Å². The summed E-state index contributed by atoms with van der Waals surface area (Å²) in [4.78, 5) is 160. The van der Waals surface area contributed by atoms with Crippen LogP contribution in [0, 0.1) is 5.82 Å². The quantitative estimate of drug-likeness (QED) is 0.0240. The first-order chi connectivity index (χ1) is 45.5. The van der Waals surface area contributed by atoms with Crippen LogP contribution in [0.2, 0.25) is 0 Å². The van der Waals surface area contributed by atoms with Crippen molar-refractivity contribution in [3.05, 3.63) is 93.8 Å². The van der Waals surface area contributed by atoms with Gasteiger partial charge in [-0.3, -0.25) is 88.2 Å². The highest BCUT2D eigenvalue weighted by Crippen LogP contribution is 2.35. The number of nitrogens with two attached hydrogens (primary N) is 2. The van der Waals surface area contributed by atoms with E-state index in [1.165, 1.54) is 69.9 Å². The molecule has 3 aromatic carbocycles. The lowest BCUT2D eigenvalue weighted by molar-refractivity contribution is -0.137. The Morgan fingerprint density at radius 3 is 1.14 bits per heavy atom. The average Bonchev–Trinajstić information content (AvgIpc) is 1.63. The van der Waals surface area contributed by atoms with Crippen LogP contribution >= 0.6 is 0 Å². The standard InChI is InChI=1S/C22H29N3O4.C21H28N4O4.C13H9FN2O4.C13H28N2O2/c1-2-3-4-5-6-7-8-14-23-16-11-9-10-15-19(16)22(29)25(21(15)28)17-12-13-18(26)24-20(17)27;22-12-5-3-1-2-4-6-13-23-15-9-7-8-14-18(15)21(29)25(20(14)28)16-10-11-17(26)24-19(16)27;14-7-3-1-2-6-10(7)13(20)16(12(6)19)8-4-5-9(17)15-11(8)18;1-13(2,3)17-12(16)15-11-9-7-5-4-6-8-10-14/h9-11,17,23H,2-8,12-14H2,1H3,(H,24,26,27);7-9,16,23H,1-6,10-13,22H2,(H,24,26,27);1-3,8H,4-5H2,(H,15,17,18);4-11,14H2,1-3H3,(H,15,16). The monoisotopic (exact) mass is 1320 g/mol. The number of unbranched alkanes of at least 4 members (excludes halogenated alkanes) is 16. The Morgan fingerprint density at radius 1 is 0.463 bits per heavy atom. The van der Waals surface area contributed by atoms with Gasteiger partial charge >= 0.3 is 6.09 Å². The number of ether oxygens (including phenoxy) is 1. The predicted octanol–water partition coefficient (Wildman–Crippen LogP) is 8.09. The zero-order valence-corrected chi connectivity index (χ0v) is 55.2.